The van der Waals surface area contributed by atoms with E-state index in [9.17, 15) is 19.5 Å². The molecule has 5 aliphatic rings. The van der Waals surface area contributed by atoms with Crippen LogP contribution in [-0.2, 0) is 20.8 Å². The number of carboxylic acid groups (broad SMARTS) is 1. The first-order chi connectivity index (χ1) is 19.4. The van der Waals surface area contributed by atoms with Crippen LogP contribution in [0.5, 0.6) is 5.75 Å². The Kier molecular flexibility index (Phi) is 7.44. The van der Waals surface area contributed by atoms with Crippen molar-refractivity contribution in [3.05, 3.63) is 52.5 Å². The van der Waals surface area contributed by atoms with Gasteiger partial charge in [-0.15, -0.1) is 0 Å². The summed E-state index contributed by atoms with van der Waals surface area (Å²) in [5.74, 6) is -0.909. The number of carbonyl (C=O) groups is 3. The first-order valence-corrected chi connectivity index (χ1v) is 14.5. The zero-order valence-electron chi connectivity index (χ0n) is 22.4. The topological polar surface area (TPSA) is 115 Å². The number of hydrogen-bond donors (Lipinski definition) is 2. The Morgan fingerprint density at radius 2 is 1.95 bits per heavy atom. The zero-order chi connectivity index (χ0) is 27.8. The van der Waals surface area contributed by atoms with Gasteiger partial charge in [0.15, 0.2) is 0 Å². The van der Waals surface area contributed by atoms with Crippen LogP contribution in [-0.4, -0.2) is 76.3 Å². The maximum atomic E-state index is 14.1. The number of benzene rings is 1. The molecule has 6 rings (SSSR count). The van der Waals surface area contributed by atoms with Crippen LogP contribution < -0.4 is 10.1 Å². The molecule has 212 valence electrons. The van der Waals surface area contributed by atoms with Gasteiger partial charge in [-0.1, -0.05) is 24.4 Å². The number of rotatable bonds is 7. The third-order valence-electron chi connectivity index (χ3n) is 8.63. The monoisotopic (exact) mass is 567 g/mol. The first-order valence-electron chi connectivity index (χ1n) is 14.1. The number of carbonyl (C=O) groups excluding carboxylic acids is 2. The minimum Gasteiger partial charge on any atom is -0.487 e. The Labute approximate surface area is 238 Å². The number of aliphatic imine (C=N–C) groups is 1. The van der Waals surface area contributed by atoms with Gasteiger partial charge in [-0.2, -0.15) is 0 Å². The van der Waals surface area contributed by atoms with Gasteiger partial charge in [0.2, 0.25) is 17.8 Å². The maximum absolute atomic E-state index is 14.1. The van der Waals surface area contributed by atoms with Gasteiger partial charge in [0.05, 0.1) is 30.1 Å². The normalized spacial score (nSPS) is 25.7. The SMILES string of the molecule is O=C(O)C1CCCCC1C(=O)N1CCc2c(Cl)ccc(OCC3=CN4C=CCN=C4N3)c2[C@H]1CN1CCCC1=O. The molecular formula is C29H34ClN5O5. The molecule has 2 amide bonds. The van der Waals surface area contributed by atoms with Crippen molar-refractivity contribution in [2.45, 2.75) is 51.0 Å². The van der Waals surface area contributed by atoms with Gasteiger partial charge in [-0.3, -0.25) is 19.3 Å². The van der Waals surface area contributed by atoms with Crippen molar-refractivity contribution in [3.63, 3.8) is 0 Å². The Bertz CT molecular complexity index is 1310. The molecule has 40 heavy (non-hydrogen) atoms. The number of carboxylic acids is 1. The van der Waals surface area contributed by atoms with E-state index in [-0.39, 0.29) is 18.4 Å². The van der Waals surface area contributed by atoms with Crippen LogP contribution in [0.1, 0.15) is 55.7 Å². The van der Waals surface area contributed by atoms with Crippen molar-refractivity contribution in [1.82, 2.24) is 20.0 Å². The number of fused-ring (bicyclic) bond motifs is 2. The molecule has 10 nitrogen and oxygen atoms in total. The predicted octanol–water partition coefficient (Wildman–Crippen LogP) is 3.29. The quantitative estimate of drug-likeness (QED) is 0.519. The van der Waals surface area contributed by atoms with Crippen LogP contribution in [0, 0.1) is 11.8 Å². The van der Waals surface area contributed by atoms with Gasteiger partial charge in [-0.25, -0.2) is 4.99 Å². The lowest BCUT2D eigenvalue weighted by Gasteiger charge is -2.43. The number of ether oxygens (including phenoxy) is 1. The van der Waals surface area contributed by atoms with Gasteiger partial charge in [0.1, 0.15) is 12.4 Å². The Balaban J connectivity index is 1.32. The zero-order valence-corrected chi connectivity index (χ0v) is 23.1. The van der Waals surface area contributed by atoms with Crippen LogP contribution in [0.25, 0.3) is 0 Å². The van der Waals surface area contributed by atoms with Gasteiger partial charge in [0.25, 0.3) is 0 Å². The molecule has 1 saturated heterocycles. The molecule has 0 bridgehead atoms. The summed E-state index contributed by atoms with van der Waals surface area (Å²) in [5.41, 5.74) is 2.56. The molecule has 1 aromatic carbocycles. The Morgan fingerprint density at radius 3 is 2.70 bits per heavy atom. The summed E-state index contributed by atoms with van der Waals surface area (Å²) in [6, 6.07) is 3.17. The third kappa shape index (κ3) is 5.05. The van der Waals surface area contributed by atoms with Crippen molar-refractivity contribution < 1.29 is 24.2 Å². The van der Waals surface area contributed by atoms with Crippen LogP contribution in [0.2, 0.25) is 5.02 Å². The number of nitrogens with one attached hydrogen (secondary N) is 1. The summed E-state index contributed by atoms with van der Waals surface area (Å²) in [5, 5.41) is 13.8. The second-order valence-electron chi connectivity index (χ2n) is 11.0. The molecule has 11 heteroatoms. The lowest BCUT2D eigenvalue weighted by Crippen LogP contribution is -2.50. The van der Waals surface area contributed by atoms with E-state index in [0.717, 1.165) is 42.0 Å². The highest BCUT2D eigenvalue weighted by molar-refractivity contribution is 6.31. The van der Waals surface area contributed by atoms with Crippen LogP contribution in [0.3, 0.4) is 0 Å². The lowest BCUT2D eigenvalue weighted by molar-refractivity contribution is -0.154. The number of likely N-dealkylation sites (tertiary alicyclic amines) is 1. The largest absolute Gasteiger partial charge is 0.487 e. The maximum Gasteiger partial charge on any atom is 0.307 e. The van der Waals surface area contributed by atoms with Crippen molar-refractivity contribution >= 4 is 35.3 Å². The number of aliphatic carboxylic acids is 1. The number of hydrogen-bond acceptors (Lipinski definition) is 7. The standard InChI is InChI=1S/C29H34ClN5O5/c30-22-8-9-24(40-17-18-15-34-13-4-11-31-29(34)32-18)26-21(22)10-14-35(23(26)16-33-12-3-7-25(33)36)27(37)19-5-1-2-6-20(19)28(38)39/h4,8-9,13,15,19-20,23H,1-3,5-7,10-12,14,16-17H2,(H,31,32)(H,38,39)/t19?,20?,23-/m1/s1. The molecule has 1 aromatic rings. The van der Waals surface area contributed by atoms with E-state index in [0.29, 0.717) is 62.6 Å². The van der Waals surface area contributed by atoms with Crippen LogP contribution >= 0.6 is 11.6 Å². The highest BCUT2D eigenvalue weighted by atomic mass is 35.5. The molecule has 1 saturated carbocycles. The second-order valence-corrected chi connectivity index (χ2v) is 11.4. The number of nitrogens with zero attached hydrogens (tertiary/aromatic N) is 4. The second kappa shape index (κ2) is 11.2. The van der Waals surface area contributed by atoms with E-state index in [2.05, 4.69) is 10.3 Å². The molecule has 4 aliphatic heterocycles. The van der Waals surface area contributed by atoms with E-state index < -0.39 is 23.8 Å². The minimum absolute atomic E-state index is 0.0656. The van der Waals surface area contributed by atoms with E-state index in [4.69, 9.17) is 16.3 Å². The fourth-order valence-electron chi connectivity index (χ4n) is 6.63. The molecule has 0 spiro atoms. The summed E-state index contributed by atoms with van der Waals surface area (Å²) < 4.78 is 6.37. The Hall–Kier alpha value is -3.53. The van der Waals surface area contributed by atoms with Crippen LogP contribution in [0.15, 0.2) is 41.3 Å². The Morgan fingerprint density at radius 1 is 1.12 bits per heavy atom. The summed E-state index contributed by atoms with van der Waals surface area (Å²) in [4.78, 5) is 48.8. The van der Waals surface area contributed by atoms with E-state index in [1.165, 1.54) is 0 Å². The molecule has 1 aliphatic carbocycles. The minimum atomic E-state index is -0.915. The molecule has 2 N–H and O–H groups in total. The predicted molar refractivity (Wildman–Crippen MR) is 149 cm³/mol. The van der Waals surface area contributed by atoms with E-state index in [1.807, 2.05) is 40.4 Å². The number of amides is 2. The van der Waals surface area contributed by atoms with Gasteiger partial charge >= 0.3 is 5.97 Å². The van der Waals surface area contributed by atoms with Crippen molar-refractivity contribution in [3.8, 4) is 5.75 Å². The summed E-state index contributed by atoms with van der Waals surface area (Å²) in [6.45, 7) is 2.25. The fourth-order valence-corrected chi connectivity index (χ4v) is 6.89. The average Bonchev–Trinajstić information content (AvgIpc) is 3.57. The van der Waals surface area contributed by atoms with E-state index in [1.54, 1.807) is 4.90 Å². The number of halogens is 1. The summed E-state index contributed by atoms with van der Waals surface area (Å²) in [6.07, 6.45) is 10.4. The smallest absolute Gasteiger partial charge is 0.307 e. The summed E-state index contributed by atoms with van der Waals surface area (Å²) >= 11 is 6.70. The molecule has 2 fully saturated rings. The first kappa shape index (κ1) is 26.7. The molecule has 4 heterocycles. The van der Waals surface area contributed by atoms with Crippen LogP contribution in [0.4, 0.5) is 0 Å². The summed E-state index contributed by atoms with van der Waals surface area (Å²) in [7, 11) is 0. The third-order valence-corrected chi connectivity index (χ3v) is 8.98. The lowest BCUT2D eigenvalue weighted by atomic mass is 9.77. The van der Waals surface area contributed by atoms with Gasteiger partial charge in [-0.05, 0) is 49.5 Å². The molecule has 0 radical (unpaired) electrons. The number of guanidine groups is 1. The van der Waals surface area contributed by atoms with Gasteiger partial charge < -0.3 is 25.0 Å². The highest BCUT2D eigenvalue weighted by Gasteiger charge is 2.43. The molecular weight excluding hydrogens is 534 g/mol. The fraction of sp³-hybridized carbons (Fsp3) is 0.517. The van der Waals surface area contributed by atoms with Gasteiger partial charge in [0, 0.05) is 49.0 Å². The van der Waals surface area contributed by atoms with Crippen molar-refractivity contribution in [2.24, 2.45) is 16.8 Å². The van der Waals surface area contributed by atoms with Crippen molar-refractivity contribution in [1.29, 1.82) is 0 Å². The highest BCUT2D eigenvalue weighted by Crippen LogP contribution is 2.43. The average molecular weight is 568 g/mol. The van der Waals surface area contributed by atoms with E-state index >= 15 is 0 Å². The molecule has 2 unspecified atom stereocenters. The van der Waals surface area contributed by atoms with Crippen molar-refractivity contribution in [2.75, 3.05) is 32.8 Å². The molecule has 3 atom stereocenters. The molecule has 0 aromatic heterocycles.